The fourth-order valence-corrected chi connectivity index (χ4v) is 8.18. The minimum atomic E-state index is -1.06. The summed E-state index contributed by atoms with van der Waals surface area (Å²) in [6, 6.07) is 13.0. The van der Waals surface area contributed by atoms with Crippen molar-refractivity contribution in [1.82, 2.24) is 15.1 Å². The Morgan fingerprint density at radius 3 is 2.30 bits per heavy atom. The summed E-state index contributed by atoms with van der Waals surface area (Å²) in [6.45, 7) is 0.123. The molecular formula is C42H50N4O9S. The number of carbonyl (C=O) groups is 5. The summed E-state index contributed by atoms with van der Waals surface area (Å²) >= 11 is 1.44. The molecule has 0 aliphatic heterocycles. The lowest BCUT2D eigenvalue weighted by molar-refractivity contribution is -0.140. The summed E-state index contributed by atoms with van der Waals surface area (Å²) in [7, 11) is 1.58. The fraction of sp³-hybridized carbons (Fsp3) is 0.405. The number of allylic oxidation sites excluding steroid dienone is 2. The lowest BCUT2D eigenvalue weighted by Gasteiger charge is -2.31. The SMILES string of the molecule is CN(CCN(Cc1cccc(C(=O)Nc2sc3c(c2C(=O)NC2C=CC(CCc4ccc(C(=O)O)cc4)=CC2)CCCC3)c1)C(CO)CO)C(=O)CCC(=O)O. The highest BCUT2D eigenvalue weighted by molar-refractivity contribution is 7.17. The van der Waals surface area contributed by atoms with Crippen molar-refractivity contribution in [3.8, 4) is 0 Å². The first kappa shape index (κ1) is 42.0. The quantitative estimate of drug-likeness (QED) is 0.0994. The molecular weight excluding hydrogens is 737 g/mol. The number of carboxylic acid groups (broad SMARTS) is 2. The lowest BCUT2D eigenvalue weighted by Crippen LogP contribution is -2.44. The molecule has 0 radical (unpaired) electrons. The van der Waals surface area contributed by atoms with Gasteiger partial charge in [0.05, 0.1) is 42.8 Å². The van der Waals surface area contributed by atoms with Gasteiger partial charge in [0.25, 0.3) is 11.8 Å². The van der Waals surface area contributed by atoms with Crippen molar-refractivity contribution < 1.29 is 44.4 Å². The normalized spacial score (nSPS) is 14.9. The second-order valence-corrected chi connectivity index (χ2v) is 15.3. The van der Waals surface area contributed by atoms with Crippen LogP contribution in [0.2, 0.25) is 0 Å². The third-order valence-corrected chi connectivity index (χ3v) is 11.4. The molecule has 14 heteroatoms. The van der Waals surface area contributed by atoms with Gasteiger partial charge >= 0.3 is 11.9 Å². The Morgan fingerprint density at radius 2 is 1.62 bits per heavy atom. The number of carboxylic acids is 2. The Morgan fingerprint density at radius 1 is 0.875 bits per heavy atom. The molecule has 0 bridgehead atoms. The van der Waals surface area contributed by atoms with Crippen LogP contribution in [-0.2, 0) is 35.4 Å². The van der Waals surface area contributed by atoms with Crippen LogP contribution in [0, 0.1) is 0 Å². The van der Waals surface area contributed by atoms with Crippen molar-refractivity contribution >= 4 is 46.0 Å². The molecule has 3 aromatic rings. The molecule has 0 fully saturated rings. The second kappa shape index (κ2) is 20.1. The topological polar surface area (TPSA) is 197 Å². The number of hydrogen-bond acceptors (Lipinski definition) is 9. The maximum absolute atomic E-state index is 13.9. The number of aliphatic carboxylic acids is 1. The van der Waals surface area contributed by atoms with E-state index in [0.717, 1.165) is 65.7 Å². The maximum Gasteiger partial charge on any atom is 0.335 e. The Labute approximate surface area is 330 Å². The highest BCUT2D eigenvalue weighted by atomic mass is 32.1. The summed E-state index contributed by atoms with van der Waals surface area (Å²) in [5, 5.41) is 44.7. The Hall–Kier alpha value is -5.15. The molecule has 3 amide bonds. The average molecular weight is 787 g/mol. The maximum atomic E-state index is 13.9. The average Bonchev–Trinajstić information content (AvgIpc) is 3.57. The first-order chi connectivity index (χ1) is 26.9. The van der Waals surface area contributed by atoms with Gasteiger partial charge < -0.3 is 36.0 Å². The van der Waals surface area contributed by atoms with E-state index in [9.17, 15) is 34.2 Å². The predicted octanol–water partition coefficient (Wildman–Crippen LogP) is 4.67. The van der Waals surface area contributed by atoms with E-state index >= 15 is 0 Å². The molecule has 0 saturated carbocycles. The lowest BCUT2D eigenvalue weighted by atomic mass is 9.94. The molecule has 0 saturated heterocycles. The molecule has 56 heavy (non-hydrogen) atoms. The van der Waals surface area contributed by atoms with E-state index in [4.69, 9.17) is 10.2 Å². The zero-order valence-corrected chi connectivity index (χ0v) is 32.4. The molecule has 2 aliphatic rings. The minimum absolute atomic E-state index is 0.129. The van der Waals surface area contributed by atoms with E-state index in [1.807, 2.05) is 35.3 Å². The number of aromatic carboxylic acids is 1. The van der Waals surface area contributed by atoms with Crippen LogP contribution in [-0.4, -0.2) is 105 Å². The van der Waals surface area contributed by atoms with Gasteiger partial charge in [-0.3, -0.25) is 24.1 Å². The van der Waals surface area contributed by atoms with Crippen LogP contribution in [0.3, 0.4) is 0 Å². The third-order valence-electron chi connectivity index (χ3n) is 10.2. The number of fused-ring (bicyclic) bond motifs is 1. The Kier molecular flexibility index (Phi) is 15.1. The zero-order valence-electron chi connectivity index (χ0n) is 31.5. The largest absolute Gasteiger partial charge is 0.481 e. The number of benzene rings is 2. The van der Waals surface area contributed by atoms with Crippen molar-refractivity contribution in [2.45, 2.75) is 76.4 Å². The van der Waals surface area contributed by atoms with E-state index in [0.29, 0.717) is 22.5 Å². The molecule has 1 unspecified atom stereocenters. The molecule has 5 rings (SSSR count). The van der Waals surface area contributed by atoms with Gasteiger partial charge in [0.2, 0.25) is 5.91 Å². The summed E-state index contributed by atoms with van der Waals surface area (Å²) in [6.07, 6.45) is 11.5. The molecule has 1 atom stereocenters. The van der Waals surface area contributed by atoms with Crippen LogP contribution in [0.1, 0.15) is 91.2 Å². The Balaban J connectivity index is 1.22. The number of likely N-dealkylation sites (N-methyl/N-ethyl adjacent to an activating group) is 1. The van der Waals surface area contributed by atoms with Crippen LogP contribution in [0.5, 0.6) is 0 Å². The van der Waals surface area contributed by atoms with Crippen molar-refractivity contribution in [1.29, 1.82) is 0 Å². The number of aliphatic hydroxyl groups excluding tert-OH is 2. The van der Waals surface area contributed by atoms with Crippen molar-refractivity contribution in [2.75, 3.05) is 38.7 Å². The van der Waals surface area contributed by atoms with Gasteiger partial charge in [0.1, 0.15) is 5.00 Å². The van der Waals surface area contributed by atoms with Gasteiger partial charge in [-0.05, 0) is 85.9 Å². The van der Waals surface area contributed by atoms with Gasteiger partial charge in [-0.1, -0.05) is 48.1 Å². The van der Waals surface area contributed by atoms with Gasteiger partial charge in [0.15, 0.2) is 0 Å². The molecule has 6 N–H and O–H groups in total. The molecule has 298 valence electrons. The van der Waals surface area contributed by atoms with E-state index in [1.165, 1.54) is 16.2 Å². The predicted molar refractivity (Wildman–Crippen MR) is 213 cm³/mol. The molecule has 1 heterocycles. The smallest absolute Gasteiger partial charge is 0.335 e. The highest BCUT2D eigenvalue weighted by Crippen LogP contribution is 2.38. The first-order valence-electron chi connectivity index (χ1n) is 18.9. The van der Waals surface area contributed by atoms with E-state index in [1.54, 1.807) is 37.4 Å². The van der Waals surface area contributed by atoms with Gasteiger partial charge in [-0.2, -0.15) is 0 Å². The van der Waals surface area contributed by atoms with E-state index < -0.39 is 18.0 Å². The number of thiophene rings is 1. The van der Waals surface area contributed by atoms with Crippen LogP contribution < -0.4 is 10.6 Å². The van der Waals surface area contributed by atoms with Crippen LogP contribution in [0.15, 0.2) is 72.3 Å². The molecule has 0 spiro atoms. The van der Waals surface area contributed by atoms with Crippen molar-refractivity contribution in [3.05, 3.63) is 111 Å². The van der Waals surface area contributed by atoms with Gasteiger partial charge in [0, 0.05) is 43.5 Å². The van der Waals surface area contributed by atoms with Crippen molar-refractivity contribution in [3.63, 3.8) is 0 Å². The monoisotopic (exact) mass is 786 g/mol. The summed E-state index contributed by atoms with van der Waals surface area (Å²) < 4.78 is 0. The number of nitrogens with one attached hydrogen (secondary N) is 2. The van der Waals surface area contributed by atoms with Gasteiger partial charge in [-0.15, -0.1) is 11.3 Å². The first-order valence-corrected chi connectivity index (χ1v) is 19.7. The van der Waals surface area contributed by atoms with E-state index in [2.05, 4.69) is 16.7 Å². The zero-order chi connectivity index (χ0) is 40.2. The summed E-state index contributed by atoms with van der Waals surface area (Å²) in [5.74, 6) is -2.94. The number of carbonyl (C=O) groups excluding carboxylic acids is 3. The summed E-state index contributed by atoms with van der Waals surface area (Å²) in [5.41, 5.74) is 5.04. The standard InChI is InChI=1S/C42H50N4O9S/c1-45(36(49)19-20-37(50)51)21-22-46(33(25-47)26-48)24-29-5-4-6-31(23-29)39(52)44-41-38(34-7-2-3-8-35(34)56-41)40(53)43-32-17-13-28(14-18-32)10-9-27-11-15-30(16-12-27)42(54)55/h4-6,11-17,23,32-33,47-48H,2-3,7-10,18-22,24-26H2,1H3,(H,43,53)(H,44,52)(H,50,51)(H,54,55). The van der Waals surface area contributed by atoms with Gasteiger partial charge in [-0.25, -0.2) is 4.79 Å². The Bertz CT molecular complexity index is 1950. The minimum Gasteiger partial charge on any atom is -0.481 e. The van der Waals surface area contributed by atoms with Crippen LogP contribution >= 0.6 is 11.3 Å². The van der Waals surface area contributed by atoms with Crippen molar-refractivity contribution in [2.24, 2.45) is 0 Å². The highest BCUT2D eigenvalue weighted by Gasteiger charge is 2.28. The number of aliphatic hydroxyl groups is 2. The number of nitrogens with zero attached hydrogens (tertiary/aromatic N) is 2. The van der Waals surface area contributed by atoms with Crippen LogP contribution in [0.25, 0.3) is 0 Å². The molecule has 13 nitrogen and oxygen atoms in total. The summed E-state index contributed by atoms with van der Waals surface area (Å²) in [4.78, 5) is 66.4. The number of amides is 3. The number of anilines is 1. The fourth-order valence-electron chi connectivity index (χ4n) is 6.90. The molecule has 2 aromatic carbocycles. The molecule has 2 aliphatic carbocycles. The number of rotatable bonds is 19. The van der Waals surface area contributed by atoms with Crippen LogP contribution in [0.4, 0.5) is 5.00 Å². The van der Waals surface area contributed by atoms with E-state index in [-0.39, 0.29) is 75.0 Å². The second-order valence-electron chi connectivity index (χ2n) is 14.2. The molecule has 1 aromatic heterocycles. The third kappa shape index (κ3) is 11.4. The number of aryl methyl sites for hydroxylation is 2. The number of hydrogen-bond donors (Lipinski definition) is 6.